The summed E-state index contributed by atoms with van der Waals surface area (Å²) in [6, 6.07) is 7.87. The van der Waals surface area contributed by atoms with E-state index in [1.807, 2.05) is 36.1 Å². The number of piperidine rings is 1. The largest absolute Gasteiger partial charge is 0.378 e. The molecule has 1 aromatic rings. The van der Waals surface area contributed by atoms with Crippen LogP contribution in [0.3, 0.4) is 0 Å². The van der Waals surface area contributed by atoms with Crippen molar-refractivity contribution in [1.82, 2.24) is 10.2 Å². The molecule has 0 spiro atoms. The number of amides is 2. The summed E-state index contributed by atoms with van der Waals surface area (Å²) in [5.41, 5.74) is 1.81. The van der Waals surface area contributed by atoms with Crippen LogP contribution in [0.15, 0.2) is 24.3 Å². The number of ether oxygens (including phenoxy) is 1. The first-order valence-corrected chi connectivity index (χ1v) is 9.18. The summed E-state index contributed by atoms with van der Waals surface area (Å²) in [6.45, 7) is 7.11. The molecule has 1 aromatic carbocycles. The number of morpholine rings is 1. The lowest BCUT2D eigenvalue weighted by Crippen LogP contribution is -3.14. The number of benzene rings is 1. The van der Waals surface area contributed by atoms with E-state index in [-0.39, 0.29) is 17.9 Å². The zero-order chi connectivity index (χ0) is 17.6. The predicted octanol–water partition coefficient (Wildman–Crippen LogP) is -0.369. The highest BCUT2D eigenvalue weighted by Gasteiger charge is 2.27. The second kappa shape index (κ2) is 8.45. The molecule has 6 nitrogen and oxygen atoms in total. The monoisotopic (exact) mass is 346 g/mol. The number of hydrogen-bond acceptors (Lipinski definition) is 3. The van der Waals surface area contributed by atoms with Crippen LogP contribution in [-0.2, 0) is 9.53 Å². The van der Waals surface area contributed by atoms with Crippen molar-refractivity contribution in [3.8, 4) is 0 Å². The highest BCUT2D eigenvalue weighted by Crippen LogP contribution is 2.06. The Morgan fingerprint density at radius 3 is 2.64 bits per heavy atom. The van der Waals surface area contributed by atoms with Crippen molar-refractivity contribution in [1.29, 1.82) is 0 Å². The summed E-state index contributed by atoms with van der Waals surface area (Å²) in [7, 11) is 0. The van der Waals surface area contributed by atoms with Gasteiger partial charge in [-0.15, -0.1) is 0 Å². The second-order valence-corrected chi connectivity index (χ2v) is 7.04. The second-order valence-electron chi connectivity index (χ2n) is 7.04. The Morgan fingerprint density at radius 2 is 1.96 bits per heavy atom. The van der Waals surface area contributed by atoms with Gasteiger partial charge in [0.05, 0.1) is 26.3 Å². The minimum Gasteiger partial charge on any atom is -0.378 e. The van der Waals surface area contributed by atoms with Crippen LogP contribution >= 0.6 is 0 Å². The van der Waals surface area contributed by atoms with Crippen LogP contribution in [0.1, 0.15) is 28.8 Å². The Morgan fingerprint density at radius 1 is 1.24 bits per heavy atom. The van der Waals surface area contributed by atoms with Crippen molar-refractivity contribution in [3.05, 3.63) is 35.4 Å². The highest BCUT2D eigenvalue weighted by molar-refractivity contribution is 5.94. The molecule has 2 aliphatic heterocycles. The van der Waals surface area contributed by atoms with Gasteiger partial charge in [0.15, 0.2) is 6.54 Å². The first-order valence-electron chi connectivity index (χ1n) is 9.18. The Kier molecular flexibility index (Phi) is 6.04. The molecular weight excluding hydrogens is 318 g/mol. The van der Waals surface area contributed by atoms with E-state index in [1.165, 1.54) is 4.90 Å². The normalized spacial score (nSPS) is 24.0. The molecule has 25 heavy (non-hydrogen) atoms. The molecule has 2 aliphatic rings. The number of nitrogens with one attached hydrogen (secondary N) is 2. The van der Waals surface area contributed by atoms with Gasteiger partial charge in [0.2, 0.25) is 0 Å². The lowest BCUT2D eigenvalue weighted by molar-refractivity contribution is -0.897. The number of nitrogens with zero attached hydrogens (tertiary/aromatic N) is 1. The SMILES string of the molecule is Cc1cccc(C(=O)NC2CC[NH+](CC(=O)N3CCOCC3)CC2)c1. The molecule has 136 valence electrons. The zero-order valence-corrected chi connectivity index (χ0v) is 14.9. The van der Waals surface area contributed by atoms with Gasteiger partial charge in [-0.25, -0.2) is 0 Å². The Balaban J connectivity index is 1.42. The van der Waals surface area contributed by atoms with Gasteiger partial charge in [-0.1, -0.05) is 17.7 Å². The summed E-state index contributed by atoms with van der Waals surface area (Å²) in [4.78, 5) is 27.9. The molecule has 2 saturated heterocycles. The molecule has 2 amide bonds. The predicted molar refractivity (Wildman–Crippen MR) is 94.6 cm³/mol. The van der Waals surface area contributed by atoms with Crippen molar-refractivity contribution in [2.24, 2.45) is 0 Å². The van der Waals surface area contributed by atoms with Crippen molar-refractivity contribution in [3.63, 3.8) is 0 Å². The van der Waals surface area contributed by atoms with E-state index in [0.717, 1.165) is 37.1 Å². The third-order valence-electron chi connectivity index (χ3n) is 5.07. The minimum atomic E-state index is 0.00143. The lowest BCUT2D eigenvalue weighted by Gasteiger charge is -2.32. The quantitative estimate of drug-likeness (QED) is 0.782. The minimum absolute atomic E-state index is 0.00143. The smallest absolute Gasteiger partial charge is 0.277 e. The number of aryl methyl sites for hydroxylation is 1. The van der Waals surface area contributed by atoms with Gasteiger partial charge >= 0.3 is 0 Å². The van der Waals surface area contributed by atoms with Crippen LogP contribution in [0.5, 0.6) is 0 Å². The van der Waals surface area contributed by atoms with E-state index in [2.05, 4.69) is 5.32 Å². The Bertz CT molecular complexity index is 606. The van der Waals surface area contributed by atoms with Crippen LogP contribution in [0.4, 0.5) is 0 Å². The molecule has 0 saturated carbocycles. The molecule has 0 atom stereocenters. The van der Waals surface area contributed by atoms with E-state index >= 15 is 0 Å². The fourth-order valence-electron chi connectivity index (χ4n) is 3.54. The van der Waals surface area contributed by atoms with Crippen molar-refractivity contribution in [2.75, 3.05) is 45.9 Å². The van der Waals surface area contributed by atoms with Crippen LogP contribution < -0.4 is 10.2 Å². The zero-order valence-electron chi connectivity index (χ0n) is 14.9. The molecule has 2 fully saturated rings. The van der Waals surface area contributed by atoms with Gasteiger partial charge in [0, 0.05) is 37.5 Å². The summed E-state index contributed by atoms with van der Waals surface area (Å²) in [6.07, 6.45) is 1.84. The van der Waals surface area contributed by atoms with Gasteiger partial charge in [-0.05, 0) is 19.1 Å². The van der Waals surface area contributed by atoms with Crippen LogP contribution in [0, 0.1) is 6.92 Å². The van der Waals surface area contributed by atoms with E-state index in [0.29, 0.717) is 32.8 Å². The molecule has 0 unspecified atom stereocenters. The fourth-order valence-corrected chi connectivity index (χ4v) is 3.54. The molecule has 0 aromatic heterocycles. The summed E-state index contributed by atoms with van der Waals surface area (Å²) < 4.78 is 5.29. The molecule has 2 N–H and O–H groups in total. The molecular formula is C19H28N3O3+. The maximum Gasteiger partial charge on any atom is 0.277 e. The summed E-state index contributed by atoms with van der Waals surface area (Å²) in [5, 5.41) is 3.14. The first-order chi connectivity index (χ1) is 12.1. The molecule has 0 bridgehead atoms. The Hall–Kier alpha value is -1.92. The summed E-state index contributed by atoms with van der Waals surface area (Å²) >= 11 is 0. The highest BCUT2D eigenvalue weighted by atomic mass is 16.5. The van der Waals surface area contributed by atoms with Crippen molar-refractivity contribution in [2.45, 2.75) is 25.8 Å². The third kappa shape index (κ3) is 5.03. The van der Waals surface area contributed by atoms with E-state index in [9.17, 15) is 9.59 Å². The van der Waals surface area contributed by atoms with Crippen LogP contribution in [-0.4, -0.2) is 68.7 Å². The molecule has 0 aliphatic carbocycles. The fraction of sp³-hybridized carbons (Fsp3) is 0.579. The molecule has 2 heterocycles. The molecule has 0 radical (unpaired) electrons. The topological polar surface area (TPSA) is 63.1 Å². The van der Waals surface area contributed by atoms with Gasteiger partial charge < -0.3 is 19.9 Å². The van der Waals surface area contributed by atoms with E-state index < -0.39 is 0 Å². The maximum absolute atomic E-state index is 12.3. The first kappa shape index (κ1) is 17.9. The number of carbonyl (C=O) groups is 2. The van der Waals surface area contributed by atoms with Gasteiger partial charge in [-0.3, -0.25) is 9.59 Å². The van der Waals surface area contributed by atoms with Gasteiger partial charge in [0.1, 0.15) is 0 Å². The van der Waals surface area contributed by atoms with Crippen LogP contribution in [0.25, 0.3) is 0 Å². The van der Waals surface area contributed by atoms with Gasteiger partial charge in [-0.2, -0.15) is 0 Å². The third-order valence-corrected chi connectivity index (χ3v) is 5.07. The maximum atomic E-state index is 12.3. The number of likely N-dealkylation sites (tertiary alicyclic amines) is 1. The van der Waals surface area contributed by atoms with Crippen molar-refractivity contribution >= 4 is 11.8 Å². The van der Waals surface area contributed by atoms with E-state index in [4.69, 9.17) is 4.74 Å². The number of hydrogen-bond donors (Lipinski definition) is 2. The molecule has 6 heteroatoms. The van der Waals surface area contributed by atoms with Crippen molar-refractivity contribution < 1.29 is 19.2 Å². The standard InChI is InChI=1S/C19H27N3O3/c1-15-3-2-4-16(13-15)19(24)20-17-5-7-21(8-6-17)14-18(23)22-9-11-25-12-10-22/h2-4,13,17H,5-12,14H2,1H3,(H,20,24)/p+1. The summed E-state index contributed by atoms with van der Waals surface area (Å²) in [5.74, 6) is 0.224. The number of rotatable bonds is 4. The average Bonchev–Trinajstić information content (AvgIpc) is 2.64. The average molecular weight is 346 g/mol. The molecule has 3 rings (SSSR count). The van der Waals surface area contributed by atoms with E-state index in [1.54, 1.807) is 0 Å². The lowest BCUT2D eigenvalue weighted by atomic mass is 10.0. The van der Waals surface area contributed by atoms with Gasteiger partial charge in [0.25, 0.3) is 11.8 Å². The Labute approximate surface area is 149 Å². The number of carbonyl (C=O) groups excluding carboxylic acids is 2. The van der Waals surface area contributed by atoms with Crippen LogP contribution in [0.2, 0.25) is 0 Å². The number of quaternary nitrogens is 1.